The molecule has 24 heavy (non-hydrogen) atoms. The Balaban J connectivity index is 1.59. The van der Waals surface area contributed by atoms with E-state index in [1.165, 1.54) is 27.5 Å². The molecule has 0 radical (unpaired) electrons. The summed E-state index contributed by atoms with van der Waals surface area (Å²) in [6.45, 7) is 0. The summed E-state index contributed by atoms with van der Waals surface area (Å²) in [5.74, 6) is -0.954. The number of hydrogen-bond donors (Lipinski definition) is 0. The second-order valence-corrected chi connectivity index (χ2v) is 8.29. The van der Waals surface area contributed by atoms with E-state index >= 15 is 0 Å². The van der Waals surface area contributed by atoms with Crippen molar-refractivity contribution in [3.63, 3.8) is 0 Å². The summed E-state index contributed by atoms with van der Waals surface area (Å²) in [4.78, 5) is 28.4. The van der Waals surface area contributed by atoms with E-state index in [-0.39, 0.29) is 35.9 Å². The first-order chi connectivity index (χ1) is 11.7. The van der Waals surface area contributed by atoms with Crippen LogP contribution >= 0.6 is 11.3 Å². The van der Waals surface area contributed by atoms with Gasteiger partial charge in [-0.05, 0) is 44.1 Å². The van der Waals surface area contributed by atoms with Crippen molar-refractivity contribution in [3.05, 3.63) is 16.0 Å². The van der Waals surface area contributed by atoms with Gasteiger partial charge in [0.15, 0.2) is 0 Å². The Kier molecular flexibility index (Phi) is 3.13. The minimum absolute atomic E-state index is 0.107. The van der Waals surface area contributed by atoms with Gasteiger partial charge in [0.05, 0.1) is 29.6 Å². The molecule has 3 fully saturated rings. The van der Waals surface area contributed by atoms with Crippen LogP contribution in [0.15, 0.2) is 0 Å². The molecule has 5 rings (SSSR count). The number of ether oxygens (including phenoxy) is 1. The maximum Gasteiger partial charge on any atom is 0.241 e. The van der Waals surface area contributed by atoms with Crippen LogP contribution in [-0.2, 0) is 27.2 Å². The Labute approximate surface area is 144 Å². The zero-order valence-corrected chi connectivity index (χ0v) is 14.1. The quantitative estimate of drug-likeness (QED) is 0.581. The number of thiophene rings is 1. The zero-order chi connectivity index (χ0) is 16.4. The molecule has 2 bridgehead atoms. The van der Waals surface area contributed by atoms with E-state index in [0.29, 0.717) is 10.6 Å². The lowest BCUT2D eigenvalue weighted by Gasteiger charge is -2.16. The average Bonchev–Trinajstić information content (AvgIpc) is 3.28. The molecule has 1 aliphatic carbocycles. The monoisotopic (exact) mass is 342 g/mol. The number of carbonyl (C=O) groups excluding carboxylic acids is 2. The van der Waals surface area contributed by atoms with Crippen LogP contribution in [0.5, 0.6) is 0 Å². The second-order valence-electron chi connectivity index (χ2n) is 7.21. The molecule has 0 spiro atoms. The van der Waals surface area contributed by atoms with E-state index in [9.17, 15) is 14.9 Å². The predicted molar refractivity (Wildman–Crippen MR) is 87.7 cm³/mol. The van der Waals surface area contributed by atoms with Crippen molar-refractivity contribution in [2.75, 3.05) is 4.90 Å². The summed E-state index contributed by atoms with van der Waals surface area (Å²) in [5, 5.41) is 10.3. The lowest BCUT2D eigenvalue weighted by molar-refractivity contribution is -0.124. The van der Waals surface area contributed by atoms with E-state index in [2.05, 4.69) is 6.07 Å². The lowest BCUT2D eigenvalue weighted by atomic mass is 9.81. The fourth-order valence-corrected chi connectivity index (χ4v) is 6.26. The Morgan fingerprint density at radius 3 is 2.38 bits per heavy atom. The maximum atomic E-state index is 13.0. The van der Waals surface area contributed by atoms with Crippen molar-refractivity contribution in [1.82, 2.24) is 0 Å². The molecule has 3 aliphatic heterocycles. The van der Waals surface area contributed by atoms with Crippen LogP contribution in [-0.4, -0.2) is 24.0 Å². The molecule has 0 saturated carbocycles. The van der Waals surface area contributed by atoms with Gasteiger partial charge in [0.25, 0.3) is 0 Å². The molecule has 5 nitrogen and oxygen atoms in total. The number of carbonyl (C=O) groups is 2. The molecular formula is C18H18N2O3S. The van der Waals surface area contributed by atoms with Crippen LogP contribution in [0.2, 0.25) is 0 Å². The van der Waals surface area contributed by atoms with Gasteiger partial charge >= 0.3 is 0 Å². The van der Waals surface area contributed by atoms with Crippen molar-refractivity contribution < 1.29 is 14.3 Å². The van der Waals surface area contributed by atoms with Crippen LogP contribution < -0.4 is 4.90 Å². The minimum atomic E-state index is -0.329. The van der Waals surface area contributed by atoms with Crippen molar-refractivity contribution >= 4 is 28.2 Å². The fraction of sp³-hybridized carbons (Fsp3) is 0.611. The first-order valence-electron chi connectivity index (χ1n) is 8.78. The van der Waals surface area contributed by atoms with Crippen molar-refractivity contribution in [2.24, 2.45) is 11.8 Å². The normalized spacial score (nSPS) is 34.2. The molecule has 1 aromatic heterocycles. The summed E-state index contributed by atoms with van der Waals surface area (Å²) >= 11 is 1.49. The highest BCUT2D eigenvalue weighted by atomic mass is 32.1. The largest absolute Gasteiger partial charge is 0.373 e. The first kappa shape index (κ1) is 14.6. The number of imide groups is 1. The molecule has 1 aromatic rings. The number of nitrogens with zero attached hydrogens (tertiary/aromatic N) is 2. The standard InChI is InChI=1S/C18H18N2O3S/c19-8-10-9-4-2-1-3-5-13(9)24-18(10)20-16(21)14-11-6-7-12(23-11)15(14)17(20)22/h11-12,14-15H,1-7H2/t11-,12+,14-,15+. The van der Waals surface area contributed by atoms with Gasteiger partial charge in [0.1, 0.15) is 11.1 Å². The summed E-state index contributed by atoms with van der Waals surface area (Å²) in [7, 11) is 0. The molecular weight excluding hydrogens is 324 g/mol. The topological polar surface area (TPSA) is 70.4 Å². The number of hydrogen-bond acceptors (Lipinski definition) is 5. The highest BCUT2D eigenvalue weighted by Crippen LogP contribution is 2.51. The number of nitriles is 1. The van der Waals surface area contributed by atoms with Crippen LogP contribution in [0.25, 0.3) is 0 Å². The number of aryl methyl sites for hydroxylation is 1. The Morgan fingerprint density at radius 1 is 1.04 bits per heavy atom. The SMILES string of the molecule is N#Cc1c(N2C(=O)[C@@H]3[C@H](C2=O)[C@H]2CC[C@@H]3O2)sc2c1CCCCC2. The highest BCUT2D eigenvalue weighted by molar-refractivity contribution is 7.17. The van der Waals surface area contributed by atoms with Crippen LogP contribution in [0.1, 0.15) is 48.1 Å². The van der Waals surface area contributed by atoms with Gasteiger partial charge < -0.3 is 4.74 Å². The second kappa shape index (κ2) is 5.14. The maximum absolute atomic E-state index is 13.0. The molecule has 2 amide bonds. The van der Waals surface area contributed by atoms with E-state index < -0.39 is 0 Å². The Bertz CT molecular complexity index is 765. The third-order valence-electron chi connectivity index (χ3n) is 6.00. The van der Waals surface area contributed by atoms with E-state index in [0.717, 1.165) is 44.1 Å². The third-order valence-corrected chi connectivity index (χ3v) is 7.28. The van der Waals surface area contributed by atoms with Gasteiger partial charge in [-0.25, -0.2) is 4.90 Å². The van der Waals surface area contributed by atoms with Gasteiger partial charge in [-0.1, -0.05) is 6.42 Å². The highest BCUT2D eigenvalue weighted by Gasteiger charge is 2.63. The molecule has 0 aromatic carbocycles. The minimum Gasteiger partial charge on any atom is -0.373 e. The molecule has 4 heterocycles. The van der Waals surface area contributed by atoms with Gasteiger partial charge in [-0.2, -0.15) is 5.26 Å². The van der Waals surface area contributed by atoms with E-state index in [1.807, 2.05) is 0 Å². The summed E-state index contributed by atoms with van der Waals surface area (Å²) < 4.78 is 5.79. The average molecular weight is 342 g/mol. The number of amides is 2. The third kappa shape index (κ3) is 1.77. The molecule has 3 saturated heterocycles. The van der Waals surface area contributed by atoms with Gasteiger partial charge in [-0.15, -0.1) is 11.3 Å². The summed E-state index contributed by atoms with van der Waals surface area (Å²) in [6.07, 6.45) is 6.71. The van der Waals surface area contributed by atoms with E-state index in [1.54, 1.807) is 0 Å². The first-order valence-corrected chi connectivity index (χ1v) is 9.60. The smallest absolute Gasteiger partial charge is 0.241 e. The van der Waals surface area contributed by atoms with Gasteiger partial charge in [0.2, 0.25) is 11.8 Å². The van der Waals surface area contributed by atoms with Crippen molar-refractivity contribution in [3.8, 4) is 6.07 Å². The fourth-order valence-electron chi connectivity index (χ4n) is 4.91. The summed E-state index contributed by atoms with van der Waals surface area (Å²) in [5.41, 5.74) is 1.64. The van der Waals surface area contributed by atoms with Gasteiger partial charge in [0, 0.05) is 4.88 Å². The van der Waals surface area contributed by atoms with Crippen molar-refractivity contribution in [2.45, 2.75) is 57.2 Å². The molecule has 6 heteroatoms. The Morgan fingerprint density at radius 2 is 1.71 bits per heavy atom. The zero-order valence-electron chi connectivity index (χ0n) is 13.3. The number of rotatable bonds is 1. The molecule has 0 unspecified atom stereocenters. The lowest BCUT2D eigenvalue weighted by Crippen LogP contribution is -2.34. The molecule has 4 atom stereocenters. The molecule has 124 valence electrons. The molecule has 0 N–H and O–H groups in total. The van der Waals surface area contributed by atoms with Crippen molar-refractivity contribution in [1.29, 1.82) is 5.26 Å². The van der Waals surface area contributed by atoms with Gasteiger partial charge in [-0.3, -0.25) is 9.59 Å². The Hall–Kier alpha value is -1.71. The van der Waals surface area contributed by atoms with Crippen LogP contribution in [0.3, 0.4) is 0 Å². The molecule has 4 aliphatic rings. The van der Waals surface area contributed by atoms with E-state index in [4.69, 9.17) is 4.74 Å². The number of fused-ring (bicyclic) bond motifs is 6. The van der Waals surface area contributed by atoms with Crippen LogP contribution in [0, 0.1) is 23.2 Å². The summed E-state index contributed by atoms with van der Waals surface area (Å²) in [6, 6.07) is 2.29. The predicted octanol–water partition coefficient (Wildman–Crippen LogP) is 2.56. The van der Waals surface area contributed by atoms with Crippen LogP contribution in [0.4, 0.5) is 5.00 Å². The number of anilines is 1.